The summed E-state index contributed by atoms with van der Waals surface area (Å²) in [5, 5.41) is 8.50. The molecule has 0 fully saturated rings. The molecule has 0 radical (unpaired) electrons. The van der Waals surface area contributed by atoms with Crippen LogP contribution in [0.1, 0.15) is 5.56 Å². The molecule has 0 aliphatic rings. The van der Waals surface area contributed by atoms with Crippen molar-refractivity contribution in [1.82, 2.24) is 0 Å². The van der Waals surface area contributed by atoms with Gasteiger partial charge in [-0.05, 0) is 51.8 Å². The summed E-state index contributed by atoms with van der Waals surface area (Å²) in [6, 6.07) is 7.78. The number of ether oxygens (including phenoxy) is 1. The Morgan fingerprint density at radius 3 is 2.57 bits per heavy atom. The Morgan fingerprint density at radius 2 is 1.90 bits per heavy atom. The first-order chi connectivity index (χ1) is 9.95. The Balaban J connectivity index is 2.25. The van der Waals surface area contributed by atoms with Gasteiger partial charge in [0, 0.05) is 12.1 Å². The van der Waals surface area contributed by atoms with Crippen LogP contribution in [0.5, 0.6) is 11.5 Å². The van der Waals surface area contributed by atoms with Gasteiger partial charge in [-0.2, -0.15) is 0 Å². The molecule has 0 saturated heterocycles. The van der Waals surface area contributed by atoms with Crippen LogP contribution in [0.4, 0.5) is 8.78 Å². The fourth-order valence-corrected chi connectivity index (χ4v) is 1.87. The first-order valence-electron chi connectivity index (χ1n) is 5.79. The highest BCUT2D eigenvalue weighted by atomic mass is 79.9. The molecule has 0 aliphatic carbocycles. The van der Waals surface area contributed by atoms with Gasteiger partial charge in [-0.25, -0.2) is 13.6 Å². The van der Waals surface area contributed by atoms with Crippen LogP contribution in [0.2, 0.25) is 0 Å². The molecule has 0 bridgehead atoms. The van der Waals surface area contributed by atoms with E-state index in [0.717, 1.165) is 18.2 Å². The maximum absolute atomic E-state index is 13.9. The van der Waals surface area contributed by atoms with Crippen molar-refractivity contribution in [1.29, 1.82) is 0 Å². The second-order valence-corrected chi connectivity index (χ2v) is 4.89. The highest BCUT2D eigenvalue weighted by Gasteiger charge is 2.09. The number of carbonyl (C=O) groups is 1. The van der Waals surface area contributed by atoms with Gasteiger partial charge in [-0.3, -0.25) is 0 Å². The van der Waals surface area contributed by atoms with Crippen molar-refractivity contribution in [2.75, 3.05) is 0 Å². The molecule has 0 spiro atoms. The molecule has 0 aromatic heterocycles. The number of hydrogen-bond acceptors (Lipinski definition) is 2. The molecule has 108 valence electrons. The number of aliphatic carboxylic acids is 1. The molecular weight excluding hydrogens is 346 g/mol. The molecule has 0 saturated carbocycles. The van der Waals surface area contributed by atoms with Crippen LogP contribution in [0.25, 0.3) is 6.08 Å². The number of carboxylic acid groups (broad SMARTS) is 1. The van der Waals surface area contributed by atoms with E-state index in [1.165, 1.54) is 30.3 Å². The van der Waals surface area contributed by atoms with Crippen molar-refractivity contribution in [3.63, 3.8) is 0 Å². The van der Waals surface area contributed by atoms with Gasteiger partial charge in [0.15, 0.2) is 11.6 Å². The van der Waals surface area contributed by atoms with E-state index in [4.69, 9.17) is 9.84 Å². The molecule has 21 heavy (non-hydrogen) atoms. The molecule has 0 amide bonds. The first-order valence-corrected chi connectivity index (χ1v) is 6.58. The Morgan fingerprint density at radius 1 is 1.14 bits per heavy atom. The molecular formula is C15H9BrF2O3. The first kappa shape index (κ1) is 15.2. The molecule has 0 atom stereocenters. The summed E-state index contributed by atoms with van der Waals surface area (Å²) in [4.78, 5) is 10.4. The smallest absolute Gasteiger partial charge is 0.328 e. The molecule has 6 heteroatoms. The normalized spacial score (nSPS) is 10.8. The quantitative estimate of drug-likeness (QED) is 0.815. The second kappa shape index (κ2) is 6.49. The van der Waals surface area contributed by atoms with Gasteiger partial charge in [0.1, 0.15) is 11.6 Å². The van der Waals surface area contributed by atoms with E-state index in [1.54, 1.807) is 0 Å². The lowest BCUT2D eigenvalue weighted by molar-refractivity contribution is -0.131. The van der Waals surface area contributed by atoms with Crippen LogP contribution in [-0.4, -0.2) is 11.1 Å². The van der Waals surface area contributed by atoms with E-state index in [0.29, 0.717) is 10.0 Å². The topological polar surface area (TPSA) is 46.5 Å². The summed E-state index contributed by atoms with van der Waals surface area (Å²) in [6.45, 7) is 0. The lowest BCUT2D eigenvalue weighted by Gasteiger charge is -2.09. The van der Waals surface area contributed by atoms with Gasteiger partial charge in [0.2, 0.25) is 0 Å². The van der Waals surface area contributed by atoms with Gasteiger partial charge < -0.3 is 9.84 Å². The summed E-state index contributed by atoms with van der Waals surface area (Å²) in [7, 11) is 0. The average Bonchev–Trinajstić information content (AvgIpc) is 2.43. The van der Waals surface area contributed by atoms with Crippen molar-refractivity contribution >= 4 is 28.0 Å². The summed E-state index contributed by atoms with van der Waals surface area (Å²) < 4.78 is 32.8. The monoisotopic (exact) mass is 354 g/mol. The molecule has 3 nitrogen and oxygen atoms in total. The summed E-state index contributed by atoms with van der Waals surface area (Å²) in [5.74, 6) is -2.26. The lowest BCUT2D eigenvalue weighted by atomic mass is 10.2. The number of halogens is 3. The van der Waals surface area contributed by atoms with Gasteiger partial charge in [-0.1, -0.05) is 6.07 Å². The zero-order valence-electron chi connectivity index (χ0n) is 10.5. The van der Waals surface area contributed by atoms with Crippen molar-refractivity contribution in [3.8, 4) is 11.5 Å². The number of rotatable bonds is 4. The summed E-state index contributed by atoms with van der Waals surface area (Å²) in [5.41, 5.74) is 0.376. The predicted octanol–water partition coefficient (Wildman–Crippen LogP) is 4.62. The fraction of sp³-hybridized carbons (Fsp3) is 0. The molecule has 2 rings (SSSR count). The maximum atomic E-state index is 13.9. The van der Waals surface area contributed by atoms with Crippen LogP contribution >= 0.6 is 15.9 Å². The number of hydrogen-bond donors (Lipinski definition) is 1. The SMILES string of the molecule is O=C(O)/C=C/c1ccc(Oc2cc(F)ccc2Br)c(F)c1. The highest BCUT2D eigenvalue weighted by molar-refractivity contribution is 9.10. The number of carboxylic acids is 1. The standard InChI is InChI=1S/C15H9BrF2O3/c16-11-4-3-10(17)8-14(11)21-13-5-1-9(7-12(13)18)2-6-15(19)20/h1-8H,(H,19,20)/b6-2+. The Kier molecular flexibility index (Phi) is 4.70. The Bertz CT molecular complexity index is 714. The third-order valence-corrected chi connectivity index (χ3v) is 3.14. The van der Waals surface area contributed by atoms with E-state index >= 15 is 0 Å². The minimum atomic E-state index is -1.13. The molecule has 0 heterocycles. The van der Waals surface area contributed by atoms with Crippen LogP contribution in [-0.2, 0) is 4.79 Å². The fourth-order valence-electron chi connectivity index (χ4n) is 1.54. The Hall–Kier alpha value is -2.21. The van der Waals surface area contributed by atoms with E-state index in [2.05, 4.69) is 15.9 Å². The third-order valence-electron chi connectivity index (χ3n) is 2.49. The van der Waals surface area contributed by atoms with E-state index < -0.39 is 17.6 Å². The Labute approximate surface area is 127 Å². The van der Waals surface area contributed by atoms with Crippen LogP contribution < -0.4 is 4.74 Å². The largest absolute Gasteiger partial charge is 0.478 e. The van der Waals surface area contributed by atoms with Gasteiger partial charge in [0.25, 0.3) is 0 Å². The summed E-state index contributed by atoms with van der Waals surface area (Å²) in [6.07, 6.45) is 2.16. The second-order valence-electron chi connectivity index (χ2n) is 4.04. The van der Waals surface area contributed by atoms with Gasteiger partial charge in [-0.15, -0.1) is 0 Å². The maximum Gasteiger partial charge on any atom is 0.328 e. The van der Waals surface area contributed by atoms with Crippen molar-refractivity contribution in [3.05, 3.63) is 64.1 Å². The van der Waals surface area contributed by atoms with E-state index in [1.807, 2.05) is 0 Å². The van der Waals surface area contributed by atoms with Crippen molar-refractivity contribution in [2.45, 2.75) is 0 Å². The zero-order chi connectivity index (χ0) is 15.4. The van der Waals surface area contributed by atoms with Gasteiger partial charge in [0.05, 0.1) is 4.47 Å². The predicted molar refractivity (Wildman–Crippen MR) is 77.2 cm³/mol. The molecule has 0 unspecified atom stereocenters. The minimum absolute atomic E-state index is 0.0891. The lowest BCUT2D eigenvalue weighted by Crippen LogP contribution is -1.91. The molecule has 1 N–H and O–H groups in total. The number of benzene rings is 2. The third kappa shape index (κ3) is 4.13. The summed E-state index contributed by atoms with van der Waals surface area (Å²) >= 11 is 3.18. The average molecular weight is 355 g/mol. The van der Waals surface area contributed by atoms with Crippen LogP contribution in [0, 0.1) is 11.6 Å². The van der Waals surface area contributed by atoms with Gasteiger partial charge >= 0.3 is 5.97 Å². The minimum Gasteiger partial charge on any atom is -0.478 e. The van der Waals surface area contributed by atoms with E-state index in [-0.39, 0.29) is 11.5 Å². The van der Waals surface area contributed by atoms with E-state index in [9.17, 15) is 13.6 Å². The van der Waals surface area contributed by atoms with Crippen LogP contribution in [0.15, 0.2) is 46.9 Å². The van der Waals surface area contributed by atoms with Crippen molar-refractivity contribution in [2.24, 2.45) is 0 Å². The van der Waals surface area contributed by atoms with Crippen LogP contribution in [0.3, 0.4) is 0 Å². The molecule has 0 aliphatic heterocycles. The highest BCUT2D eigenvalue weighted by Crippen LogP contribution is 2.32. The zero-order valence-corrected chi connectivity index (χ0v) is 12.1. The van der Waals surface area contributed by atoms with Crippen molar-refractivity contribution < 1.29 is 23.4 Å². The molecule has 2 aromatic carbocycles. The molecule has 2 aromatic rings.